The monoisotopic (exact) mass is 217 g/mol. The maximum absolute atomic E-state index is 5.34. The van der Waals surface area contributed by atoms with E-state index in [0.717, 1.165) is 12.2 Å². The van der Waals surface area contributed by atoms with Crippen molar-refractivity contribution in [3.05, 3.63) is 40.4 Å². The van der Waals surface area contributed by atoms with Crippen molar-refractivity contribution in [1.29, 1.82) is 0 Å². The van der Waals surface area contributed by atoms with Crippen molar-refractivity contribution in [3.63, 3.8) is 0 Å². The summed E-state index contributed by atoms with van der Waals surface area (Å²) < 4.78 is 5.34. The van der Waals surface area contributed by atoms with E-state index in [-0.39, 0.29) is 0 Å². The van der Waals surface area contributed by atoms with Crippen LogP contribution in [0.3, 0.4) is 0 Å². The molecule has 86 valence electrons. The standard InChI is InChI=1S/C14H19NO/c1-9(2)13-8-11-7-10(3)14(16-4)6-5-12(11)15-13/h5-6,8-9,15H,7H2,1-4H3. The third-order valence-electron chi connectivity index (χ3n) is 3.07. The number of ether oxygens (including phenoxy) is 1. The van der Waals surface area contributed by atoms with Crippen molar-refractivity contribution in [1.82, 2.24) is 4.98 Å². The molecule has 0 amide bonds. The molecule has 1 aliphatic carbocycles. The lowest BCUT2D eigenvalue weighted by molar-refractivity contribution is 0.302. The van der Waals surface area contributed by atoms with Crippen LogP contribution in [0.2, 0.25) is 0 Å². The number of fused-ring (bicyclic) bond motifs is 1. The van der Waals surface area contributed by atoms with E-state index in [9.17, 15) is 0 Å². The largest absolute Gasteiger partial charge is 0.497 e. The van der Waals surface area contributed by atoms with E-state index < -0.39 is 0 Å². The Kier molecular flexibility index (Phi) is 2.90. The van der Waals surface area contributed by atoms with Crippen LogP contribution in [0.1, 0.15) is 43.6 Å². The van der Waals surface area contributed by atoms with Gasteiger partial charge in [0.15, 0.2) is 0 Å². The molecule has 1 heterocycles. The van der Waals surface area contributed by atoms with Crippen molar-refractivity contribution in [3.8, 4) is 0 Å². The number of hydrogen-bond donors (Lipinski definition) is 1. The SMILES string of the molecule is COC1=C(C)Cc2cc(C(C)C)[nH]c2C=C1. The molecule has 0 bridgehead atoms. The van der Waals surface area contributed by atoms with Crippen molar-refractivity contribution in [2.45, 2.75) is 33.1 Å². The van der Waals surface area contributed by atoms with Gasteiger partial charge >= 0.3 is 0 Å². The molecule has 1 aromatic heterocycles. The Morgan fingerprint density at radius 2 is 2.06 bits per heavy atom. The molecular weight excluding hydrogens is 198 g/mol. The maximum atomic E-state index is 5.34. The van der Waals surface area contributed by atoms with Gasteiger partial charge < -0.3 is 9.72 Å². The highest BCUT2D eigenvalue weighted by Crippen LogP contribution is 2.26. The topological polar surface area (TPSA) is 25.0 Å². The van der Waals surface area contributed by atoms with Crippen molar-refractivity contribution in [2.75, 3.05) is 7.11 Å². The number of H-pyrrole nitrogens is 1. The van der Waals surface area contributed by atoms with Gasteiger partial charge in [0.05, 0.1) is 7.11 Å². The van der Waals surface area contributed by atoms with Gasteiger partial charge in [-0.25, -0.2) is 0 Å². The zero-order chi connectivity index (χ0) is 11.7. The van der Waals surface area contributed by atoms with E-state index >= 15 is 0 Å². The van der Waals surface area contributed by atoms with Gasteiger partial charge in [0.2, 0.25) is 0 Å². The third kappa shape index (κ3) is 1.92. The second-order valence-corrected chi connectivity index (χ2v) is 4.68. The van der Waals surface area contributed by atoms with Gasteiger partial charge in [-0.3, -0.25) is 0 Å². The summed E-state index contributed by atoms with van der Waals surface area (Å²) in [5.41, 5.74) is 5.18. The predicted octanol–water partition coefficient (Wildman–Crippen LogP) is 3.63. The molecular formula is C14H19NO. The molecule has 2 heteroatoms. The number of nitrogens with one attached hydrogen (secondary N) is 1. The Bertz CT molecular complexity index is 449. The van der Waals surface area contributed by atoms with Gasteiger partial charge in [-0.1, -0.05) is 13.8 Å². The van der Waals surface area contributed by atoms with E-state index in [2.05, 4.69) is 37.9 Å². The van der Waals surface area contributed by atoms with E-state index in [1.165, 1.54) is 22.5 Å². The van der Waals surface area contributed by atoms with Crippen LogP contribution >= 0.6 is 0 Å². The summed E-state index contributed by atoms with van der Waals surface area (Å²) in [4.78, 5) is 3.47. The van der Waals surface area contributed by atoms with Crippen LogP contribution in [0.25, 0.3) is 6.08 Å². The first kappa shape index (κ1) is 11.1. The molecule has 1 aromatic rings. The zero-order valence-electron chi connectivity index (χ0n) is 10.4. The van der Waals surface area contributed by atoms with Crippen LogP contribution < -0.4 is 0 Å². The lowest BCUT2D eigenvalue weighted by Crippen LogP contribution is -1.91. The van der Waals surface area contributed by atoms with Gasteiger partial charge in [-0.15, -0.1) is 0 Å². The summed E-state index contributed by atoms with van der Waals surface area (Å²) in [6.07, 6.45) is 5.12. The number of hydrogen-bond acceptors (Lipinski definition) is 1. The van der Waals surface area contributed by atoms with Gasteiger partial charge in [0.25, 0.3) is 0 Å². The molecule has 1 N–H and O–H groups in total. The highest BCUT2D eigenvalue weighted by molar-refractivity contribution is 5.57. The Balaban J connectivity index is 2.38. The Morgan fingerprint density at radius 3 is 2.69 bits per heavy atom. The first-order valence-electron chi connectivity index (χ1n) is 5.75. The molecule has 0 aliphatic heterocycles. The summed E-state index contributed by atoms with van der Waals surface area (Å²) in [7, 11) is 1.72. The first-order valence-corrected chi connectivity index (χ1v) is 5.75. The molecule has 1 aliphatic rings. The van der Waals surface area contributed by atoms with Crippen LogP contribution in [0.15, 0.2) is 23.5 Å². The van der Waals surface area contributed by atoms with Crippen LogP contribution in [0.5, 0.6) is 0 Å². The van der Waals surface area contributed by atoms with E-state index in [0.29, 0.717) is 5.92 Å². The molecule has 0 fully saturated rings. The fraction of sp³-hybridized carbons (Fsp3) is 0.429. The molecule has 2 rings (SSSR count). The molecule has 0 saturated carbocycles. The van der Waals surface area contributed by atoms with E-state index in [1.54, 1.807) is 7.11 Å². The smallest absolute Gasteiger partial charge is 0.118 e. The van der Waals surface area contributed by atoms with Gasteiger partial charge in [0.1, 0.15) is 5.76 Å². The zero-order valence-corrected chi connectivity index (χ0v) is 10.4. The second kappa shape index (κ2) is 4.20. The lowest BCUT2D eigenvalue weighted by Gasteiger charge is -2.04. The molecule has 0 aromatic carbocycles. The molecule has 0 radical (unpaired) electrons. The molecule has 2 nitrogen and oxygen atoms in total. The highest BCUT2D eigenvalue weighted by Gasteiger charge is 2.13. The van der Waals surface area contributed by atoms with Gasteiger partial charge in [-0.2, -0.15) is 0 Å². The molecule has 16 heavy (non-hydrogen) atoms. The fourth-order valence-electron chi connectivity index (χ4n) is 2.06. The maximum Gasteiger partial charge on any atom is 0.118 e. The van der Waals surface area contributed by atoms with Gasteiger partial charge in [-0.05, 0) is 48.6 Å². The number of methoxy groups -OCH3 is 1. The molecule has 0 saturated heterocycles. The fourth-order valence-corrected chi connectivity index (χ4v) is 2.06. The first-order chi connectivity index (χ1) is 7.61. The predicted molar refractivity (Wildman–Crippen MR) is 67.3 cm³/mol. The quantitative estimate of drug-likeness (QED) is 0.804. The number of rotatable bonds is 2. The molecule has 0 unspecified atom stereocenters. The summed E-state index contributed by atoms with van der Waals surface area (Å²) in [6.45, 7) is 6.54. The van der Waals surface area contributed by atoms with Crippen molar-refractivity contribution in [2.24, 2.45) is 0 Å². The minimum atomic E-state index is 0.548. The van der Waals surface area contributed by atoms with E-state index in [1.807, 2.05) is 6.08 Å². The number of aromatic nitrogens is 1. The summed E-state index contributed by atoms with van der Waals surface area (Å²) in [6, 6.07) is 2.27. The Labute approximate surface area is 97.0 Å². The highest BCUT2D eigenvalue weighted by atomic mass is 16.5. The molecule has 0 spiro atoms. The van der Waals surface area contributed by atoms with Gasteiger partial charge in [0, 0.05) is 11.4 Å². The Hall–Kier alpha value is -1.44. The summed E-state index contributed by atoms with van der Waals surface area (Å²) >= 11 is 0. The lowest BCUT2D eigenvalue weighted by atomic mass is 10.1. The minimum Gasteiger partial charge on any atom is -0.497 e. The normalized spacial score (nSPS) is 15.3. The van der Waals surface area contributed by atoms with E-state index in [4.69, 9.17) is 4.74 Å². The second-order valence-electron chi connectivity index (χ2n) is 4.68. The van der Waals surface area contributed by atoms with Crippen molar-refractivity contribution < 1.29 is 4.74 Å². The average Bonchev–Trinajstić information content (AvgIpc) is 2.56. The number of aromatic amines is 1. The van der Waals surface area contributed by atoms with Crippen molar-refractivity contribution >= 4 is 6.08 Å². The van der Waals surface area contributed by atoms with Crippen LogP contribution in [0.4, 0.5) is 0 Å². The van der Waals surface area contributed by atoms with Crippen LogP contribution in [-0.2, 0) is 11.2 Å². The average molecular weight is 217 g/mol. The van der Waals surface area contributed by atoms with Crippen LogP contribution in [0, 0.1) is 0 Å². The van der Waals surface area contributed by atoms with Crippen LogP contribution in [-0.4, -0.2) is 12.1 Å². The number of allylic oxidation sites excluding steroid dienone is 2. The summed E-state index contributed by atoms with van der Waals surface area (Å²) in [5, 5.41) is 0. The molecule has 0 atom stereocenters. The Morgan fingerprint density at radius 1 is 1.31 bits per heavy atom. The third-order valence-corrected chi connectivity index (χ3v) is 3.07. The summed E-state index contributed by atoms with van der Waals surface area (Å²) in [5.74, 6) is 1.53. The minimum absolute atomic E-state index is 0.548.